The molecular weight excluding hydrogens is 222 g/mol. The van der Waals surface area contributed by atoms with Crippen LogP contribution in [-0.4, -0.2) is 19.3 Å². The lowest BCUT2D eigenvalue weighted by molar-refractivity contribution is 0.156. The summed E-state index contributed by atoms with van der Waals surface area (Å²) in [6, 6.07) is 6.54. The summed E-state index contributed by atoms with van der Waals surface area (Å²) in [6.07, 6.45) is 8.03. The molecule has 0 bridgehead atoms. The molecule has 0 aromatic heterocycles. The van der Waals surface area contributed by atoms with Crippen LogP contribution in [0.5, 0.6) is 0 Å². The van der Waals surface area contributed by atoms with Crippen molar-refractivity contribution in [2.45, 2.75) is 38.6 Å². The lowest BCUT2D eigenvalue weighted by atomic mass is 9.88. The summed E-state index contributed by atoms with van der Waals surface area (Å²) in [5, 5.41) is 3.66. The molecule has 2 rings (SSSR count). The Kier molecular flexibility index (Phi) is 4.07. The molecule has 0 amide bonds. The van der Waals surface area contributed by atoms with Crippen molar-refractivity contribution in [3.05, 3.63) is 35.4 Å². The topological polar surface area (TPSA) is 21.3 Å². The third-order valence-corrected chi connectivity index (χ3v) is 3.55. The standard InChI is InChI=1S/C16H23NO/c1-4-5-9-16(12-18-3)10-8-14-11-13(2)6-7-15(14)17-16/h6-8,10-11,17H,4-5,9,12H2,1-3H3. The van der Waals surface area contributed by atoms with Gasteiger partial charge >= 0.3 is 0 Å². The summed E-state index contributed by atoms with van der Waals surface area (Å²) < 4.78 is 5.41. The van der Waals surface area contributed by atoms with Crippen molar-refractivity contribution in [3.63, 3.8) is 0 Å². The molecule has 1 heterocycles. The quantitative estimate of drug-likeness (QED) is 0.846. The first kappa shape index (κ1) is 13.2. The summed E-state index contributed by atoms with van der Waals surface area (Å²) >= 11 is 0. The lowest BCUT2D eigenvalue weighted by Gasteiger charge is -2.36. The number of anilines is 1. The number of hydrogen-bond acceptors (Lipinski definition) is 2. The predicted molar refractivity (Wildman–Crippen MR) is 78.0 cm³/mol. The van der Waals surface area contributed by atoms with Crippen molar-refractivity contribution in [2.75, 3.05) is 19.0 Å². The average molecular weight is 245 g/mol. The maximum absolute atomic E-state index is 5.41. The van der Waals surface area contributed by atoms with Gasteiger partial charge in [0.2, 0.25) is 0 Å². The van der Waals surface area contributed by atoms with Gasteiger partial charge < -0.3 is 10.1 Å². The van der Waals surface area contributed by atoms with Crippen molar-refractivity contribution < 1.29 is 4.74 Å². The number of rotatable bonds is 5. The number of benzene rings is 1. The van der Waals surface area contributed by atoms with E-state index in [-0.39, 0.29) is 5.54 Å². The molecule has 98 valence electrons. The molecule has 1 aromatic carbocycles. The summed E-state index contributed by atoms with van der Waals surface area (Å²) in [5.41, 5.74) is 3.76. The number of fused-ring (bicyclic) bond motifs is 1. The lowest BCUT2D eigenvalue weighted by Crippen LogP contribution is -2.42. The molecule has 1 N–H and O–H groups in total. The maximum Gasteiger partial charge on any atom is 0.0793 e. The number of aryl methyl sites for hydroxylation is 1. The largest absolute Gasteiger partial charge is 0.382 e. The van der Waals surface area contributed by atoms with Crippen LogP contribution in [0, 0.1) is 6.92 Å². The number of unbranched alkanes of at least 4 members (excludes halogenated alkanes) is 1. The average Bonchev–Trinajstić information content (AvgIpc) is 2.37. The second-order valence-corrected chi connectivity index (χ2v) is 5.24. The van der Waals surface area contributed by atoms with E-state index in [9.17, 15) is 0 Å². The Bertz CT molecular complexity index is 439. The van der Waals surface area contributed by atoms with E-state index >= 15 is 0 Å². The Morgan fingerprint density at radius 3 is 2.89 bits per heavy atom. The summed E-state index contributed by atoms with van der Waals surface area (Å²) in [5.74, 6) is 0. The zero-order chi connectivity index (χ0) is 13.0. The van der Waals surface area contributed by atoms with Crippen molar-refractivity contribution in [1.82, 2.24) is 0 Å². The molecule has 1 aromatic rings. The van der Waals surface area contributed by atoms with Gasteiger partial charge in [0.25, 0.3) is 0 Å². The Balaban J connectivity index is 2.24. The van der Waals surface area contributed by atoms with E-state index in [0.29, 0.717) is 0 Å². The van der Waals surface area contributed by atoms with Crippen LogP contribution < -0.4 is 5.32 Å². The molecule has 0 saturated heterocycles. The molecule has 0 spiro atoms. The van der Waals surface area contributed by atoms with Crippen LogP contribution >= 0.6 is 0 Å². The van der Waals surface area contributed by atoms with Gasteiger partial charge in [0.1, 0.15) is 0 Å². The van der Waals surface area contributed by atoms with Crippen LogP contribution in [0.1, 0.15) is 37.3 Å². The first-order valence-electron chi connectivity index (χ1n) is 6.76. The van der Waals surface area contributed by atoms with Gasteiger partial charge in [0, 0.05) is 12.8 Å². The van der Waals surface area contributed by atoms with Crippen LogP contribution in [-0.2, 0) is 4.74 Å². The van der Waals surface area contributed by atoms with Gasteiger partial charge in [-0.15, -0.1) is 0 Å². The summed E-state index contributed by atoms with van der Waals surface area (Å²) in [6.45, 7) is 5.07. The van der Waals surface area contributed by atoms with Gasteiger partial charge in [-0.1, -0.05) is 43.5 Å². The minimum atomic E-state index is -0.0347. The molecule has 2 nitrogen and oxygen atoms in total. The zero-order valence-corrected chi connectivity index (χ0v) is 11.6. The van der Waals surface area contributed by atoms with E-state index in [2.05, 4.69) is 49.5 Å². The molecule has 0 saturated carbocycles. The van der Waals surface area contributed by atoms with E-state index in [4.69, 9.17) is 4.74 Å². The maximum atomic E-state index is 5.41. The van der Waals surface area contributed by atoms with Gasteiger partial charge in [-0.3, -0.25) is 0 Å². The molecular formula is C16H23NO. The number of methoxy groups -OCH3 is 1. The first-order chi connectivity index (χ1) is 8.69. The van der Waals surface area contributed by atoms with E-state index in [1.165, 1.54) is 29.7 Å². The summed E-state index contributed by atoms with van der Waals surface area (Å²) in [7, 11) is 1.77. The van der Waals surface area contributed by atoms with Crippen molar-refractivity contribution in [2.24, 2.45) is 0 Å². The predicted octanol–water partition coefficient (Wildman–Crippen LogP) is 4.01. The van der Waals surface area contributed by atoms with E-state index in [1.807, 2.05) is 0 Å². The van der Waals surface area contributed by atoms with Crippen LogP contribution in [0.3, 0.4) is 0 Å². The first-order valence-corrected chi connectivity index (χ1v) is 6.76. The van der Waals surface area contributed by atoms with Gasteiger partial charge in [-0.05, 0) is 31.0 Å². The van der Waals surface area contributed by atoms with Gasteiger partial charge in [-0.25, -0.2) is 0 Å². The number of ether oxygens (including phenoxy) is 1. The minimum Gasteiger partial charge on any atom is -0.382 e. The van der Waals surface area contributed by atoms with Crippen LogP contribution in [0.25, 0.3) is 6.08 Å². The molecule has 0 aliphatic carbocycles. The monoisotopic (exact) mass is 245 g/mol. The Morgan fingerprint density at radius 1 is 1.33 bits per heavy atom. The highest BCUT2D eigenvalue weighted by Gasteiger charge is 2.29. The Hall–Kier alpha value is -1.28. The molecule has 1 aliphatic rings. The van der Waals surface area contributed by atoms with Gasteiger partial charge in [0.15, 0.2) is 0 Å². The molecule has 18 heavy (non-hydrogen) atoms. The van der Waals surface area contributed by atoms with Crippen molar-refractivity contribution in [3.8, 4) is 0 Å². The Labute approximate surface area is 110 Å². The van der Waals surface area contributed by atoms with Crippen LogP contribution in [0.4, 0.5) is 5.69 Å². The number of hydrogen-bond donors (Lipinski definition) is 1. The van der Waals surface area contributed by atoms with E-state index < -0.39 is 0 Å². The Morgan fingerprint density at radius 2 is 2.17 bits per heavy atom. The zero-order valence-electron chi connectivity index (χ0n) is 11.6. The second-order valence-electron chi connectivity index (χ2n) is 5.24. The molecule has 0 fully saturated rings. The fourth-order valence-electron chi connectivity index (χ4n) is 2.55. The van der Waals surface area contributed by atoms with Crippen molar-refractivity contribution in [1.29, 1.82) is 0 Å². The summed E-state index contributed by atoms with van der Waals surface area (Å²) in [4.78, 5) is 0. The fourth-order valence-corrected chi connectivity index (χ4v) is 2.55. The SMILES string of the molecule is CCCCC1(COC)C=Cc2cc(C)ccc2N1. The molecule has 1 atom stereocenters. The van der Waals surface area contributed by atoms with E-state index in [1.54, 1.807) is 7.11 Å². The highest BCUT2D eigenvalue weighted by molar-refractivity contribution is 5.73. The van der Waals surface area contributed by atoms with Crippen LogP contribution in [0.15, 0.2) is 24.3 Å². The van der Waals surface area contributed by atoms with Crippen molar-refractivity contribution >= 4 is 11.8 Å². The van der Waals surface area contributed by atoms with Gasteiger partial charge in [0.05, 0.1) is 12.1 Å². The highest BCUT2D eigenvalue weighted by Crippen LogP contribution is 2.32. The number of nitrogens with one attached hydrogen (secondary N) is 1. The van der Waals surface area contributed by atoms with Gasteiger partial charge in [-0.2, -0.15) is 0 Å². The van der Waals surface area contributed by atoms with E-state index in [0.717, 1.165) is 13.0 Å². The molecule has 1 aliphatic heterocycles. The molecule has 0 radical (unpaired) electrons. The third kappa shape index (κ3) is 2.75. The smallest absolute Gasteiger partial charge is 0.0793 e. The van der Waals surface area contributed by atoms with Crippen LogP contribution in [0.2, 0.25) is 0 Å². The fraction of sp³-hybridized carbons (Fsp3) is 0.500. The third-order valence-electron chi connectivity index (χ3n) is 3.55. The minimum absolute atomic E-state index is 0.0347. The molecule has 1 unspecified atom stereocenters. The highest BCUT2D eigenvalue weighted by atomic mass is 16.5. The second kappa shape index (κ2) is 5.57. The molecule has 2 heteroatoms. The normalized spacial score (nSPS) is 21.5.